The van der Waals surface area contributed by atoms with E-state index in [0.717, 1.165) is 12.0 Å². The molecule has 0 aliphatic carbocycles. The highest BCUT2D eigenvalue weighted by atomic mass is 35.5. The summed E-state index contributed by atoms with van der Waals surface area (Å²) in [6.45, 7) is 6.70. The first kappa shape index (κ1) is 26.7. The van der Waals surface area contributed by atoms with Crippen molar-refractivity contribution in [1.82, 2.24) is 24.8 Å². The zero-order valence-electron chi connectivity index (χ0n) is 20.1. The van der Waals surface area contributed by atoms with Crippen LogP contribution in [-0.4, -0.2) is 74.5 Å². The second-order valence-corrected chi connectivity index (χ2v) is 9.67. The Balaban J connectivity index is 1.63. The number of aromatic nitrogens is 3. The van der Waals surface area contributed by atoms with Crippen LogP contribution in [0.3, 0.4) is 0 Å². The van der Waals surface area contributed by atoms with Crippen LogP contribution in [0.25, 0.3) is 0 Å². The van der Waals surface area contributed by atoms with Crippen LogP contribution in [0.5, 0.6) is 0 Å². The third-order valence-electron chi connectivity index (χ3n) is 5.66. The van der Waals surface area contributed by atoms with Crippen LogP contribution in [0.4, 0.5) is 5.82 Å². The zero-order valence-corrected chi connectivity index (χ0v) is 21.6. The second kappa shape index (κ2) is 13.3. The number of hydrogen-bond acceptors (Lipinski definition) is 8. The topological polar surface area (TPSA) is 106 Å². The Kier molecular flexibility index (Phi) is 10.1. The van der Waals surface area contributed by atoms with Gasteiger partial charge in [-0.3, -0.25) is 14.6 Å². The second-order valence-electron chi connectivity index (χ2n) is 8.34. The number of hydrogen-bond donors (Lipinski definition) is 0. The van der Waals surface area contributed by atoms with Gasteiger partial charge in [-0.2, -0.15) is 5.26 Å². The number of piperazine rings is 1. The van der Waals surface area contributed by atoms with Gasteiger partial charge in [0.05, 0.1) is 18.2 Å². The molecule has 11 heteroatoms. The fourth-order valence-electron chi connectivity index (χ4n) is 3.91. The molecular weight excluding hydrogens is 486 g/mol. The molecule has 9 nitrogen and oxygen atoms in total. The summed E-state index contributed by atoms with van der Waals surface area (Å²) in [5.41, 5.74) is 0.899. The summed E-state index contributed by atoms with van der Waals surface area (Å²) in [6.07, 6.45) is 5.04. The van der Waals surface area contributed by atoms with Gasteiger partial charge < -0.3 is 14.7 Å². The number of pyridine rings is 1. The molecule has 2 aromatic heterocycles. The van der Waals surface area contributed by atoms with Gasteiger partial charge in [0.1, 0.15) is 11.0 Å². The Bertz CT molecular complexity index is 1050. The number of anilines is 1. The minimum absolute atomic E-state index is 0.0652. The molecule has 0 spiro atoms. The van der Waals surface area contributed by atoms with Crippen LogP contribution in [-0.2, 0) is 16.1 Å². The molecule has 2 amide bonds. The maximum atomic E-state index is 12.9. The van der Waals surface area contributed by atoms with Gasteiger partial charge in [-0.25, -0.2) is 9.97 Å². The molecule has 1 aliphatic heterocycles. The third kappa shape index (κ3) is 7.80. The van der Waals surface area contributed by atoms with Crippen molar-refractivity contribution in [2.24, 2.45) is 0 Å². The summed E-state index contributed by atoms with van der Waals surface area (Å²) >= 11 is 7.50. The number of carbonyl (C=O) groups is 2. The van der Waals surface area contributed by atoms with Crippen LogP contribution >= 0.6 is 23.4 Å². The van der Waals surface area contributed by atoms with Crippen LogP contribution in [0, 0.1) is 11.3 Å². The fraction of sp³-hybridized carbons (Fsp3) is 0.500. The molecule has 2 aromatic rings. The van der Waals surface area contributed by atoms with Crippen molar-refractivity contribution in [3.05, 3.63) is 41.3 Å². The molecule has 186 valence electrons. The van der Waals surface area contributed by atoms with Gasteiger partial charge in [0, 0.05) is 63.6 Å². The molecule has 0 bridgehead atoms. The predicted molar refractivity (Wildman–Crippen MR) is 136 cm³/mol. The largest absolute Gasteiger partial charge is 0.353 e. The van der Waals surface area contributed by atoms with E-state index in [2.05, 4.69) is 25.9 Å². The lowest BCUT2D eigenvalue weighted by molar-refractivity contribution is -0.133. The molecular formula is C24H30ClN7O2S. The van der Waals surface area contributed by atoms with Crippen molar-refractivity contribution < 1.29 is 9.59 Å². The first-order chi connectivity index (χ1) is 16.9. The average Bonchev–Trinajstić information content (AvgIpc) is 2.85. The lowest BCUT2D eigenvalue weighted by Gasteiger charge is -2.40. The average molecular weight is 516 g/mol. The molecule has 0 aromatic carbocycles. The van der Waals surface area contributed by atoms with E-state index in [1.54, 1.807) is 23.4 Å². The molecule has 1 saturated heterocycles. The normalized spacial score (nSPS) is 15.5. The van der Waals surface area contributed by atoms with E-state index in [1.807, 2.05) is 30.9 Å². The van der Waals surface area contributed by atoms with Gasteiger partial charge in [0.2, 0.25) is 11.8 Å². The first-order valence-corrected chi connectivity index (χ1v) is 13.0. The zero-order chi connectivity index (χ0) is 25.2. The number of rotatable bonds is 10. The monoisotopic (exact) mass is 515 g/mol. The van der Waals surface area contributed by atoms with Gasteiger partial charge in [-0.15, -0.1) is 0 Å². The van der Waals surface area contributed by atoms with Crippen molar-refractivity contribution in [2.45, 2.75) is 50.9 Å². The SMILES string of the molecule is CCCC(=O)N1CCN(c2cc(Cl)nc(SCC(=O)N(CCC#N)Cc3cccnc3)n2)CC1C. The lowest BCUT2D eigenvalue weighted by Crippen LogP contribution is -2.54. The summed E-state index contributed by atoms with van der Waals surface area (Å²) in [7, 11) is 0. The number of nitriles is 1. The van der Waals surface area contributed by atoms with Crippen LogP contribution in [0.1, 0.15) is 38.7 Å². The molecule has 1 atom stereocenters. The molecule has 1 unspecified atom stereocenters. The number of nitrogens with zero attached hydrogens (tertiary/aromatic N) is 7. The number of halogens is 1. The Labute approximate surface area is 215 Å². The van der Waals surface area contributed by atoms with Crippen molar-refractivity contribution in [3.63, 3.8) is 0 Å². The van der Waals surface area contributed by atoms with Crippen LogP contribution in [0.15, 0.2) is 35.7 Å². The summed E-state index contributed by atoms with van der Waals surface area (Å²) in [4.78, 5) is 44.0. The molecule has 0 N–H and O–H groups in total. The van der Waals surface area contributed by atoms with Crippen molar-refractivity contribution in [2.75, 3.05) is 36.8 Å². The molecule has 1 fully saturated rings. The Morgan fingerprint density at radius 3 is 2.86 bits per heavy atom. The Morgan fingerprint density at radius 2 is 2.17 bits per heavy atom. The summed E-state index contributed by atoms with van der Waals surface area (Å²) in [5.74, 6) is 0.880. The highest BCUT2D eigenvalue weighted by Gasteiger charge is 2.28. The summed E-state index contributed by atoms with van der Waals surface area (Å²) in [5, 5.41) is 9.70. The molecule has 35 heavy (non-hydrogen) atoms. The van der Waals surface area contributed by atoms with Crippen molar-refractivity contribution in [1.29, 1.82) is 5.26 Å². The van der Waals surface area contributed by atoms with Gasteiger partial charge in [-0.1, -0.05) is 36.4 Å². The van der Waals surface area contributed by atoms with E-state index in [4.69, 9.17) is 16.9 Å². The van der Waals surface area contributed by atoms with E-state index >= 15 is 0 Å². The molecule has 0 radical (unpaired) electrons. The minimum Gasteiger partial charge on any atom is -0.353 e. The molecule has 1 aliphatic rings. The van der Waals surface area contributed by atoms with Gasteiger partial charge >= 0.3 is 0 Å². The van der Waals surface area contributed by atoms with E-state index < -0.39 is 0 Å². The van der Waals surface area contributed by atoms with E-state index in [9.17, 15) is 9.59 Å². The fourth-order valence-corrected chi connectivity index (χ4v) is 4.90. The van der Waals surface area contributed by atoms with Crippen molar-refractivity contribution >= 4 is 41.0 Å². The summed E-state index contributed by atoms with van der Waals surface area (Å²) in [6, 6.07) is 7.59. The third-order valence-corrected chi connectivity index (χ3v) is 6.69. The van der Waals surface area contributed by atoms with Crippen LogP contribution in [0.2, 0.25) is 5.15 Å². The number of amides is 2. The number of carbonyl (C=O) groups excluding carboxylic acids is 2. The Hall–Kier alpha value is -2.90. The highest BCUT2D eigenvalue weighted by Crippen LogP contribution is 2.25. The quantitative estimate of drug-likeness (QED) is 0.269. The predicted octanol–water partition coefficient (Wildman–Crippen LogP) is 3.40. The maximum absolute atomic E-state index is 12.9. The van der Waals surface area contributed by atoms with Crippen molar-refractivity contribution in [3.8, 4) is 6.07 Å². The smallest absolute Gasteiger partial charge is 0.233 e. The molecule has 3 heterocycles. The Morgan fingerprint density at radius 1 is 1.34 bits per heavy atom. The lowest BCUT2D eigenvalue weighted by atomic mass is 10.1. The number of thioether (sulfide) groups is 1. The minimum atomic E-state index is -0.115. The summed E-state index contributed by atoms with van der Waals surface area (Å²) < 4.78 is 0. The van der Waals surface area contributed by atoms with E-state index in [-0.39, 0.29) is 30.0 Å². The van der Waals surface area contributed by atoms with Crippen LogP contribution < -0.4 is 4.90 Å². The van der Waals surface area contributed by atoms with Gasteiger partial charge in [0.15, 0.2) is 5.16 Å². The van der Waals surface area contributed by atoms with Gasteiger partial charge in [0.25, 0.3) is 0 Å². The van der Waals surface area contributed by atoms with E-state index in [1.165, 1.54) is 11.8 Å². The standard InChI is InChI=1S/C24H30ClN7O2S/c1-3-6-22(33)32-12-11-30(15-18(32)2)21-13-20(25)28-24(29-21)35-17-23(34)31(10-5-8-26)16-19-7-4-9-27-14-19/h4,7,9,13-14,18H,3,5-6,10-12,15-17H2,1-2H3. The highest BCUT2D eigenvalue weighted by molar-refractivity contribution is 7.99. The molecule has 3 rings (SSSR count). The maximum Gasteiger partial charge on any atom is 0.233 e. The van der Waals surface area contributed by atoms with Gasteiger partial charge in [-0.05, 0) is 25.0 Å². The van der Waals surface area contributed by atoms with E-state index in [0.29, 0.717) is 55.3 Å². The first-order valence-electron chi connectivity index (χ1n) is 11.7. The molecule has 0 saturated carbocycles.